The van der Waals surface area contributed by atoms with E-state index in [0.29, 0.717) is 6.42 Å². The lowest BCUT2D eigenvalue weighted by Gasteiger charge is -1.93. The highest BCUT2D eigenvalue weighted by Crippen LogP contribution is 1.92. The minimum absolute atomic E-state index is 0.0256. The molecule has 0 N–H and O–H groups in total. The molecule has 0 aromatic heterocycles. The Labute approximate surface area is 69.9 Å². The van der Waals surface area contributed by atoms with Gasteiger partial charge in [-0.15, -0.1) is 0 Å². The highest BCUT2D eigenvalue weighted by molar-refractivity contribution is 6.77. The predicted octanol–water partition coefficient (Wildman–Crippen LogP) is 0.0828. The zero-order chi connectivity index (χ0) is 9.72. The highest BCUT2D eigenvalue weighted by atomic mass is 16.2. The molecule has 0 rings (SSSR count). The van der Waals surface area contributed by atoms with Crippen LogP contribution >= 0.6 is 0 Å². The Morgan fingerprint density at radius 3 is 1.83 bits per heavy atom. The molecular formula is C8H10O4. The first-order valence-electron chi connectivity index (χ1n) is 3.63. The second-order valence-electron chi connectivity index (χ2n) is 2.39. The molecule has 4 heteroatoms. The van der Waals surface area contributed by atoms with Crippen LogP contribution in [0.4, 0.5) is 0 Å². The standard InChI is InChI=1S/C8H10O4/c1-3-4-6(10)8(12)7(11)5(2)9/h3-4H2,1-2H3. The van der Waals surface area contributed by atoms with Gasteiger partial charge in [0.15, 0.2) is 0 Å². The highest BCUT2D eigenvalue weighted by Gasteiger charge is 2.24. The molecule has 0 aromatic carbocycles. The lowest BCUT2D eigenvalue weighted by Crippen LogP contribution is -2.28. The van der Waals surface area contributed by atoms with Gasteiger partial charge in [0.1, 0.15) is 0 Å². The Morgan fingerprint density at radius 2 is 1.50 bits per heavy atom. The third-order valence-electron chi connectivity index (χ3n) is 1.26. The van der Waals surface area contributed by atoms with E-state index < -0.39 is 23.1 Å². The number of carbonyl (C=O) groups excluding carboxylic acids is 4. The largest absolute Gasteiger partial charge is 0.291 e. The molecule has 0 heterocycles. The SMILES string of the molecule is CCCC(=O)C(=O)C(=O)C(C)=O. The molecule has 0 saturated carbocycles. The monoisotopic (exact) mass is 170 g/mol. The summed E-state index contributed by atoms with van der Waals surface area (Å²) < 4.78 is 0. The molecule has 0 aromatic rings. The van der Waals surface area contributed by atoms with E-state index in [2.05, 4.69) is 0 Å². The molecule has 0 unspecified atom stereocenters. The maximum Gasteiger partial charge on any atom is 0.272 e. The second-order valence-corrected chi connectivity index (χ2v) is 2.39. The average Bonchev–Trinajstić information content (AvgIpc) is 2.02. The van der Waals surface area contributed by atoms with Crippen LogP contribution in [0.1, 0.15) is 26.7 Å². The van der Waals surface area contributed by atoms with Crippen LogP contribution in [-0.2, 0) is 19.2 Å². The molecule has 12 heavy (non-hydrogen) atoms. The van der Waals surface area contributed by atoms with Gasteiger partial charge in [0.25, 0.3) is 11.6 Å². The minimum Gasteiger partial charge on any atom is -0.291 e. The molecule has 0 aliphatic rings. The van der Waals surface area contributed by atoms with E-state index >= 15 is 0 Å². The molecule has 0 radical (unpaired) electrons. The van der Waals surface area contributed by atoms with Crippen LogP contribution in [0.15, 0.2) is 0 Å². The van der Waals surface area contributed by atoms with Crippen molar-refractivity contribution >= 4 is 23.1 Å². The van der Waals surface area contributed by atoms with Crippen molar-refractivity contribution < 1.29 is 19.2 Å². The summed E-state index contributed by atoms with van der Waals surface area (Å²) in [5.74, 6) is -4.07. The van der Waals surface area contributed by atoms with Crippen molar-refractivity contribution in [3.05, 3.63) is 0 Å². The van der Waals surface area contributed by atoms with Crippen molar-refractivity contribution in [3.63, 3.8) is 0 Å². The maximum atomic E-state index is 10.8. The zero-order valence-corrected chi connectivity index (χ0v) is 7.05. The molecule has 0 aliphatic heterocycles. The Hall–Kier alpha value is -1.32. The first-order chi connectivity index (χ1) is 5.50. The lowest BCUT2D eigenvalue weighted by molar-refractivity contribution is -0.147. The van der Waals surface area contributed by atoms with E-state index in [0.717, 1.165) is 6.92 Å². The normalized spacial score (nSPS) is 9.17. The van der Waals surface area contributed by atoms with Crippen LogP contribution in [0.5, 0.6) is 0 Å². The van der Waals surface area contributed by atoms with Gasteiger partial charge in [-0.05, 0) is 6.42 Å². The number of Topliss-reactive ketones (excluding diaryl/α,β-unsaturated/α-hetero) is 4. The van der Waals surface area contributed by atoms with Crippen molar-refractivity contribution in [2.75, 3.05) is 0 Å². The molecule has 0 fully saturated rings. The van der Waals surface area contributed by atoms with Crippen LogP contribution < -0.4 is 0 Å². The fraction of sp³-hybridized carbons (Fsp3) is 0.500. The maximum absolute atomic E-state index is 10.8. The third-order valence-corrected chi connectivity index (χ3v) is 1.26. The van der Waals surface area contributed by atoms with Crippen LogP contribution in [0.3, 0.4) is 0 Å². The molecule has 0 bridgehead atoms. The Bertz CT molecular complexity index is 239. The summed E-state index contributed by atoms with van der Waals surface area (Å²) in [4.78, 5) is 42.5. The topological polar surface area (TPSA) is 68.3 Å². The van der Waals surface area contributed by atoms with Gasteiger partial charge in [-0.1, -0.05) is 6.92 Å². The summed E-state index contributed by atoms with van der Waals surface area (Å²) in [5.41, 5.74) is 0. The van der Waals surface area contributed by atoms with Gasteiger partial charge in [0.05, 0.1) is 0 Å². The van der Waals surface area contributed by atoms with Gasteiger partial charge >= 0.3 is 0 Å². The number of hydrogen-bond donors (Lipinski definition) is 0. The minimum atomic E-state index is -1.21. The van der Waals surface area contributed by atoms with E-state index in [4.69, 9.17) is 0 Å². The van der Waals surface area contributed by atoms with E-state index in [9.17, 15) is 19.2 Å². The van der Waals surface area contributed by atoms with E-state index in [-0.39, 0.29) is 6.42 Å². The summed E-state index contributed by atoms with van der Waals surface area (Å²) in [6.07, 6.45) is 0.521. The Morgan fingerprint density at radius 1 is 1.00 bits per heavy atom. The fourth-order valence-electron chi connectivity index (χ4n) is 0.627. The zero-order valence-electron chi connectivity index (χ0n) is 7.05. The number of carbonyl (C=O) groups is 4. The van der Waals surface area contributed by atoms with Gasteiger partial charge in [0, 0.05) is 13.3 Å². The summed E-state index contributed by atoms with van der Waals surface area (Å²) in [6.45, 7) is 2.68. The molecule has 0 aliphatic carbocycles. The quantitative estimate of drug-likeness (QED) is 0.433. The van der Waals surface area contributed by atoms with E-state index in [1.807, 2.05) is 0 Å². The molecular weight excluding hydrogens is 160 g/mol. The Balaban J connectivity index is 4.30. The fourth-order valence-corrected chi connectivity index (χ4v) is 0.627. The average molecular weight is 170 g/mol. The molecule has 4 nitrogen and oxygen atoms in total. The van der Waals surface area contributed by atoms with Gasteiger partial charge in [-0.25, -0.2) is 0 Å². The van der Waals surface area contributed by atoms with Crippen molar-refractivity contribution in [2.24, 2.45) is 0 Å². The number of ketones is 4. The summed E-state index contributed by atoms with van der Waals surface area (Å²) in [5, 5.41) is 0. The number of rotatable bonds is 5. The predicted molar refractivity (Wildman–Crippen MR) is 40.6 cm³/mol. The van der Waals surface area contributed by atoms with Crippen molar-refractivity contribution in [1.29, 1.82) is 0 Å². The van der Waals surface area contributed by atoms with Crippen molar-refractivity contribution in [1.82, 2.24) is 0 Å². The van der Waals surface area contributed by atoms with Gasteiger partial charge in [0.2, 0.25) is 11.6 Å². The van der Waals surface area contributed by atoms with Gasteiger partial charge in [-0.2, -0.15) is 0 Å². The summed E-state index contributed by atoms with van der Waals surface area (Å²) in [6, 6.07) is 0. The molecule has 0 amide bonds. The van der Waals surface area contributed by atoms with Gasteiger partial charge < -0.3 is 0 Å². The summed E-state index contributed by atoms with van der Waals surface area (Å²) in [7, 11) is 0. The van der Waals surface area contributed by atoms with Crippen LogP contribution in [0.25, 0.3) is 0 Å². The first kappa shape index (κ1) is 10.7. The Kier molecular flexibility index (Phi) is 4.04. The third kappa shape index (κ3) is 2.74. The molecule has 0 spiro atoms. The van der Waals surface area contributed by atoms with E-state index in [1.54, 1.807) is 6.92 Å². The molecule has 66 valence electrons. The van der Waals surface area contributed by atoms with Crippen molar-refractivity contribution in [3.8, 4) is 0 Å². The summed E-state index contributed by atoms with van der Waals surface area (Å²) >= 11 is 0. The second kappa shape index (κ2) is 4.54. The van der Waals surface area contributed by atoms with Crippen LogP contribution in [0, 0.1) is 0 Å². The van der Waals surface area contributed by atoms with E-state index in [1.165, 1.54) is 0 Å². The van der Waals surface area contributed by atoms with Crippen molar-refractivity contribution in [2.45, 2.75) is 26.7 Å². The molecule has 0 saturated heterocycles. The van der Waals surface area contributed by atoms with Crippen LogP contribution in [-0.4, -0.2) is 23.1 Å². The van der Waals surface area contributed by atoms with Gasteiger partial charge in [-0.3, -0.25) is 19.2 Å². The lowest BCUT2D eigenvalue weighted by atomic mass is 10.1. The molecule has 0 atom stereocenters. The smallest absolute Gasteiger partial charge is 0.272 e. The number of hydrogen-bond acceptors (Lipinski definition) is 4. The first-order valence-corrected chi connectivity index (χ1v) is 3.63. The van der Waals surface area contributed by atoms with Crippen LogP contribution in [0.2, 0.25) is 0 Å².